The van der Waals surface area contributed by atoms with Crippen LogP contribution in [0.1, 0.15) is 119 Å². The average Bonchev–Trinajstić information content (AvgIpc) is 4.40. The standard InChI is InChI=1S/C66H38N2O8/c69-59(45-17-3-1-4-18-45)53-37-47(55-57(61(53)71)65(75)67(63(55)73)49-33-29-41(30-34-49)39-13-7-8-14-39)27-25-43-23-24-44(52-22-12-11-21-51(43)52)26-28-48-38-54(60(70)46-19-5-2-6-20-46)62(72)58-56(48)64(74)68(66(58)76)50-35-31-42(32-36-50)40-15-9-10-16-40/h1-13,15,17-24,29-38,71-72H,14,16H2. The van der Waals surface area contributed by atoms with Gasteiger partial charge < -0.3 is 10.2 Å². The Morgan fingerprint density at radius 3 is 1.13 bits per heavy atom. The van der Waals surface area contributed by atoms with Gasteiger partial charge in [0.2, 0.25) is 0 Å². The summed E-state index contributed by atoms with van der Waals surface area (Å²) in [5.41, 5.74) is 4.83. The minimum absolute atomic E-state index is 0.0504. The number of anilines is 2. The lowest BCUT2D eigenvalue weighted by Gasteiger charge is -2.14. The number of ketones is 2. The lowest BCUT2D eigenvalue weighted by molar-refractivity contribution is 0.0909. The zero-order chi connectivity index (χ0) is 52.2. The van der Waals surface area contributed by atoms with Gasteiger partial charge in [0.1, 0.15) is 11.5 Å². The van der Waals surface area contributed by atoms with E-state index in [0.29, 0.717) is 21.9 Å². The summed E-state index contributed by atoms with van der Waals surface area (Å²) in [5, 5.41) is 24.7. The van der Waals surface area contributed by atoms with Crippen LogP contribution in [-0.2, 0) is 0 Å². The van der Waals surface area contributed by atoms with E-state index < -0.39 is 46.7 Å². The molecule has 10 nitrogen and oxygen atoms in total. The molecule has 0 radical (unpaired) electrons. The van der Waals surface area contributed by atoms with Gasteiger partial charge in [-0.15, -0.1) is 0 Å². The highest BCUT2D eigenvalue weighted by Crippen LogP contribution is 2.42. The zero-order valence-electron chi connectivity index (χ0n) is 40.1. The summed E-state index contributed by atoms with van der Waals surface area (Å²) in [4.78, 5) is 87.6. The number of imide groups is 2. The van der Waals surface area contributed by atoms with Crippen molar-refractivity contribution in [1.29, 1.82) is 0 Å². The normalized spacial score (nSPS) is 14.1. The average molecular weight is 987 g/mol. The van der Waals surface area contributed by atoms with Gasteiger partial charge in [0.05, 0.1) is 44.8 Å². The second-order valence-corrected chi connectivity index (χ2v) is 18.4. The van der Waals surface area contributed by atoms with Crippen LogP contribution in [0.25, 0.3) is 21.9 Å². The number of amides is 4. The molecule has 0 aromatic heterocycles. The fourth-order valence-electron chi connectivity index (χ4n) is 10.1. The molecule has 0 spiro atoms. The minimum Gasteiger partial charge on any atom is -0.506 e. The van der Waals surface area contributed by atoms with Gasteiger partial charge in [-0.1, -0.05) is 169 Å². The van der Waals surface area contributed by atoms with Crippen LogP contribution in [0.5, 0.6) is 11.5 Å². The van der Waals surface area contributed by atoms with Crippen molar-refractivity contribution in [3.05, 3.63) is 272 Å². The van der Waals surface area contributed by atoms with Crippen molar-refractivity contribution in [3.63, 3.8) is 0 Å². The van der Waals surface area contributed by atoms with Gasteiger partial charge in [-0.05, 0) is 94.4 Å². The summed E-state index contributed by atoms with van der Waals surface area (Å²) >= 11 is 0. The predicted molar refractivity (Wildman–Crippen MR) is 291 cm³/mol. The van der Waals surface area contributed by atoms with Crippen molar-refractivity contribution in [2.75, 3.05) is 9.80 Å². The molecule has 10 heteroatoms. The Morgan fingerprint density at radius 1 is 0.408 bits per heavy atom. The molecule has 0 bridgehead atoms. The number of phenols is 2. The summed E-state index contributed by atoms with van der Waals surface area (Å²) in [6, 6.07) is 43.9. The molecule has 0 saturated carbocycles. The Morgan fingerprint density at radius 2 is 0.763 bits per heavy atom. The Hall–Kier alpha value is -10.7. The van der Waals surface area contributed by atoms with E-state index in [2.05, 4.69) is 23.7 Å². The van der Waals surface area contributed by atoms with Crippen molar-refractivity contribution in [2.24, 2.45) is 0 Å². The molecule has 0 fully saturated rings. The van der Waals surface area contributed by atoms with Gasteiger partial charge in [0, 0.05) is 33.4 Å². The first-order valence-corrected chi connectivity index (χ1v) is 24.3. The third kappa shape index (κ3) is 7.82. The maximum atomic E-state index is 14.5. The quantitative estimate of drug-likeness (QED) is 0.0868. The van der Waals surface area contributed by atoms with Gasteiger partial charge in [-0.3, -0.25) is 28.8 Å². The number of hydrogen-bond donors (Lipinski definition) is 2. The van der Waals surface area contributed by atoms with Gasteiger partial charge >= 0.3 is 0 Å². The van der Waals surface area contributed by atoms with Crippen LogP contribution in [0, 0.1) is 23.7 Å². The Labute approximate surface area is 435 Å². The molecule has 12 rings (SSSR count). The van der Waals surface area contributed by atoms with Crippen LogP contribution >= 0.6 is 0 Å². The van der Waals surface area contributed by atoms with E-state index in [1.54, 1.807) is 97.1 Å². The van der Waals surface area contributed by atoms with Crippen LogP contribution < -0.4 is 9.80 Å². The van der Waals surface area contributed by atoms with E-state index in [4.69, 9.17) is 0 Å². The molecular weight excluding hydrogens is 949 g/mol. The van der Waals surface area contributed by atoms with E-state index >= 15 is 0 Å². The number of nitrogens with zero attached hydrogens (tertiary/aromatic N) is 2. The summed E-state index contributed by atoms with van der Waals surface area (Å²) in [7, 11) is 0. The fourth-order valence-corrected chi connectivity index (χ4v) is 10.1. The number of hydrogen-bond acceptors (Lipinski definition) is 8. The fraction of sp³-hybridized carbons (Fsp3) is 0.0303. The molecule has 0 saturated heterocycles. The summed E-state index contributed by atoms with van der Waals surface area (Å²) in [5.74, 6) is 7.09. The van der Waals surface area contributed by atoms with E-state index in [9.17, 15) is 39.0 Å². The third-order valence-electron chi connectivity index (χ3n) is 14.0. The van der Waals surface area contributed by atoms with Crippen molar-refractivity contribution in [1.82, 2.24) is 0 Å². The number of carbonyl (C=O) groups is 6. The van der Waals surface area contributed by atoms with E-state index in [1.165, 1.54) is 12.1 Å². The molecule has 0 unspecified atom stereocenters. The van der Waals surface area contributed by atoms with Crippen molar-refractivity contribution >= 4 is 68.5 Å². The van der Waals surface area contributed by atoms with Crippen molar-refractivity contribution < 1.29 is 39.0 Å². The van der Waals surface area contributed by atoms with Gasteiger partial charge in [0.15, 0.2) is 11.6 Å². The zero-order valence-corrected chi connectivity index (χ0v) is 40.1. The highest BCUT2D eigenvalue weighted by Gasteiger charge is 2.44. The van der Waals surface area contributed by atoms with E-state index in [-0.39, 0.29) is 67.0 Å². The second kappa shape index (κ2) is 18.7. The Balaban J connectivity index is 0.942. The highest BCUT2D eigenvalue weighted by molar-refractivity contribution is 6.38. The molecule has 0 atom stereocenters. The predicted octanol–water partition coefficient (Wildman–Crippen LogP) is 11.8. The molecule has 8 aromatic rings. The number of fused-ring (bicyclic) bond motifs is 3. The third-order valence-corrected chi connectivity index (χ3v) is 14.0. The molecule has 76 heavy (non-hydrogen) atoms. The number of allylic oxidation sites excluding steroid dienone is 8. The highest BCUT2D eigenvalue weighted by atomic mass is 16.3. The van der Waals surface area contributed by atoms with E-state index in [1.807, 2.05) is 85.0 Å². The minimum atomic E-state index is -0.801. The molecule has 4 aliphatic rings. The van der Waals surface area contributed by atoms with Gasteiger partial charge in [-0.25, -0.2) is 9.80 Å². The molecule has 2 heterocycles. The molecule has 2 aliphatic heterocycles. The molecule has 2 N–H and O–H groups in total. The summed E-state index contributed by atoms with van der Waals surface area (Å²) in [6.45, 7) is 0. The van der Waals surface area contributed by atoms with Crippen LogP contribution in [-0.4, -0.2) is 45.4 Å². The van der Waals surface area contributed by atoms with Crippen molar-refractivity contribution in [2.45, 2.75) is 12.8 Å². The largest absolute Gasteiger partial charge is 0.506 e. The maximum Gasteiger partial charge on any atom is 0.269 e. The van der Waals surface area contributed by atoms with E-state index in [0.717, 1.165) is 44.9 Å². The number of rotatable bonds is 8. The Bertz CT molecular complexity index is 3910. The first kappa shape index (κ1) is 46.4. The maximum absolute atomic E-state index is 14.5. The first-order chi connectivity index (χ1) is 37.0. The van der Waals surface area contributed by atoms with Gasteiger partial charge in [0.25, 0.3) is 23.6 Å². The second-order valence-electron chi connectivity index (χ2n) is 18.4. The molecule has 360 valence electrons. The molecule has 4 amide bonds. The van der Waals surface area contributed by atoms with Crippen molar-refractivity contribution in [3.8, 4) is 35.2 Å². The van der Waals surface area contributed by atoms with Crippen LogP contribution in [0.15, 0.2) is 194 Å². The van der Waals surface area contributed by atoms with Crippen LogP contribution in [0.3, 0.4) is 0 Å². The first-order valence-electron chi connectivity index (χ1n) is 24.3. The lowest BCUT2D eigenvalue weighted by atomic mass is 9.92. The van der Waals surface area contributed by atoms with Crippen LogP contribution in [0.2, 0.25) is 0 Å². The smallest absolute Gasteiger partial charge is 0.269 e. The number of aromatic hydroxyl groups is 2. The number of carbonyl (C=O) groups excluding carboxylic acids is 6. The topological polar surface area (TPSA) is 149 Å². The lowest BCUT2D eigenvalue weighted by Crippen LogP contribution is -2.29. The van der Waals surface area contributed by atoms with Gasteiger partial charge in [-0.2, -0.15) is 0 Å². The number of phenolic OH excluding ortho intramolecular Hbond substituents is 2. The number of benzene rings is 8. The molecule has 2 aliphatic carbocycles. The Kier molecular flexibility index (Phi) is 11.4. The molecule has 8 aromatic carbocycles. The van der Waals surface area contributed by atoms with Crippen LogP contribution in [0.4, 0.5) is 11.4 Å². The summed E-state index contributed by atoms with van der Waals surface area (Å²) < 4.78 is 0. The monoisotopic (exact) mass is 986 g/mol. The molecular formula is C66H38N2O8. The SMILES string of the molecule is O=C(c1ccccc1)c1cc(C#Cc2ccc(C#Cc3cc(C(=O)c4ccccc4)c(O)c4c3C(=O)N(c3ccc(C5=CC=CC5)cc3)C4=O)c3ccccc23)c2c(c1O)C(=O)N(c1ccc(C3=CC=CC3)cc1)C2=O. The summed E-state index contributed by atoms with van der Waals surface area (Å²) in [6.07, 6.45) is 13.5.